The van der Waals surface area contributed by atoms with Crippen molar-refractivity contribution in [1.82, 2.24) is 10.2 Å². The molecule has 15 heavy (non-hydrogen) atoms. The van der Waals surface area contributed by atoms with E-state index in [9.17, 15) is 5.11 Å². The summed E-state index contributed by atoms with van der Waals surface area (Å²) in [6, 6.07) is 0.720. The standard InChI is InChI=1S/C12H26N2O/c1-12(10-15,13-2)9-14(3)11-7-5-4-6-8-11/h11,13,15H,4-10H2,1-3H3. The Bertz CT molecular complexity index is 174. The van der Waals surface area contributed by atoms with Crippen LogP contribution < -0.4 is 5.32 Å². The number of hydrogen-bond acceptors (Lipinski definition) is 3. The Hall–Kier alpha value is -0.120. The van der Waals surface area contributed by atoms with Crippen molar-refractivity contribution in [2.24, 2.45) is 0 Å². The Labute approximate surface area is 93.9 Å². The first kappa shape index (κ1) is 12.9. The van der Waals surface area contributed by atoms with E-state index in [2.05, 4.69) is 24.2 Å². The lowest BCUT2D eigenvalue weighted by Crippen LogP contribution is -2.53. The molecule has 2 N–H and O–H groups in total. The molecule has 3 nitrogen and oxygen atoms in total. The largest absolute Gasteiger partial charge is 0.394 e. The van der Waals surface area contributed by atoms with E-state index in [0.717, 1.165) is 12.6 Å². The average Bonchev–Trinajstić information content (AvgIpc) is 2.30. The Balaban J connectivity index is 2.41. The third-order valence-corrected chi connectivity index (χ3v) is 3.75. The fourth-order valence-corrected chi connectivity index (χ4v) is 2.41. The summed E-state index contributed by atoms with van der Waals surface area (Å²) in [7, 11) is 4.10. The average molecular weight is 214 g/mol. The lowest BCUT2D eigenvalue weighted by atomic mass is 9.93. The maximum absolute atomic E-state index is 9.34. The molecule has 0 amide bonds. The minimum atomic E-state index is -0.161. The van der Waals surface area contributed by atoms with Gasteiger partial charge in [0.05, 0.1) is 12.1 Å². The molecule has 0 bridgehead atoms. The summed E-state index contributed by atoms with van der Waals surface area (Å²) in [6.45, 7) is 3.19. The van der Waals surface area contributed by atoms with Crippen molar-refractivity contribution >= 4 is 0 Å². The van der Waals surface area contributed by atoms with Crippen LogP contribution in [0.25, 0.3) is 0 Å². The molecule has 1 aliphatic rings. The highest BCUT2D eigenvalue weighted by Gasteiger charge is 2.26. The molecule has 1 fully saturated rings. The van der Waals surface area contributed by atoms with Crippen LogP contribution in [0.1, 0.15) is 39.0 Å². The van der Waals surface area contributed by atoms with Gasteiger partial charge >= 0.3 is 0 Å². The molecule has 0 spiro atoms. The van der Waals surface area contributed by atoms with Crippen molar-refractivity contribution in [2.45, 2.75) is 50.6 Å². The molecule has 1 atom stereocenters. The van der Waals surface area contributed by atoms with Crippen LogP contribution in [-0.4, -0.2) is 48.8 Å². The molecule has 1 saturated carbocycles. The molecule has 1 rings (SSSR count). The van der Waals surface area contributed by atoms with E-state index in [0.29, 0.717) is 0 Å². The molecule has 0 heterocycles. The van der Waals surface area contributed by atoms with Crippen molar-refractivity contribution in [1.29, 1.82) is 0 Å². The number of aliphatic hydroxyl groups excluding tert-OH is 1. The second-order valence-corrected chi connectivity index (χ2v) is 5.18. The minimum absolute atomic E-state index is 0.161. The fraction of sp³-hybridized carbons (Fsp3) is 1.00. The summed E-state index contributed by atoms with van der Waals surface area (Å²) >= 11 is 0. The van der Waals surface area contributed by atoms with Gasteiger partial charge in [0.25, 0.3) is 0 Å². The van der Waals surface area contributed by atoms with Gasteiger partial charge in [-0.1, -0.05) is 19.3 Å². The van der Waals surface area contributed by atoms with Crippen LogP contribution in [0.2, 0.25) is 0 Å². The molecule has 0 aromatic rings. The van der Waals surface area contributed by atoms with Crippen LogP contribution >= 0.6 is 0 Å². The van der Waals surface area contributed by atoms with Gasteiger partial charge < -0.3 is 15.3 Å². The van der Waals surface area contributed by atoms with Gasteiger partial charge in [-0.15, -0.1) is 0 Å². The summed E-state index contributed by atoms with van der Waals surface area (Å²) in [5.74, 6) is 0. The quantitative estimate of drug-likeness (QED) is 0.722. The van der Waals surface area contributed by atoms with Crippen LogP contribution in [0, 0.1) is 0 Å². The number of nitrogens with one attached hydrogen (secondary N) is 1. The zero-order chi connectivity index (χ0) is 11.3. The van der Waals surface area contributed by atoms with Crippen LogP contribution in [0.3, 0.4) is 0 Å². The van der Waals surface area contributed by atoms with Crippen molar-refractivity contribution in [3.8, 4) is 0 Å². The molecule has 3 heteroatoms. The Kier molecular flexibility index (Phi) is 5.03. The highest BCUT2D eigenvalue weighted by molar-refractivity contribution is 4.86. The van der Waals surface area contributed by atoms with Gasteiger partial charge in [0.1, 0.15) is 0 Å². The van der Waals surface area contributed by atoms with E-state index in [4.69, 9.17) is 0 Å². The monoisotopic (exact) mass is 214 g/mol. The SMILES string of the molecule is CNC(C)(CO)CN(C)C1CCCCC1. The van der Waals surface area contributed by atoms with E-state index in [1.807, 2.05) is 7.05 Å². The van der Waals surface area contributed by atoms with E-state index in [1.54, 1.807) is 0 Å². The third kappa shape index (κ3) is 3.74. The number of rotatable bonds is 5. The first-order valence-electron chi connectivity index (χ1n) is 6.11. The van der Waals surface area contributed by atoms with Crippen LogP contribution in [0.15, 0.2) is 0 Å². The van der Waals surface area contributed by atoms with Gasteiger partial charge in [-0.25, -0.2) is 0 Å². The lowest BCUT2D eigenvalue weighted by molar-refractivity contribution is 0.103. The first-order chi connectivity index (χ1) is 7.11. The second-order valence-electron chi connectivity index (χ2n) is 5.18. The maximum Gasteiger partial charge on any atom is 0.0623 e. The highest BCUT2D eigenvalue weighted by atomic mass is 16.3. The van der Waals surface area contributed by atoms with Gasteiger partial charge in [-0.05, 0) is 33.9 Å². The van der Waals surface area contributed by atoms with Gasteiger partial charge in [-0.2, -0.15) is 0 Å². The van der Waals surface area contributed by atoms with E-state index in [-0.39, 0.29) is 12.1 Å². The normalized spacial score (nSPS) is 23.0. The molecule has 0 aromatic carbocycles. The smallest absolute Gasteiger partial charge is 0.0623 e. The Morgan fingerprint density at radius 1 is 1.33 bits per heavy atom. The maximum atomic E-state index is 9.34. The van der Waals surface area contributed by atoms with Gasteiger partial charge in [-0.3, -0.25) is 0 Å². The molecule has 90 valence electrons. The zero-order valence-corrected chi connectivity index (χ0v) is 10.4. The van der Waals surface area contributed by atoms with Gasteiger partial charge in [0, 0.05) is 12.6 Å². The van der Waals surface area contributed by atoms with Crippen molar-refractivity contribution < 1.29 is 5.11 Å². The van der Waals surface area contributed by atoms with E-state index >= 15 is 0 Å². The van der Waals surface area contributed by atoms with Gasteiger partial charge in [0.15, 0.2) is 0 Å². The van der Waals surface area contributed by atoms with Crippen LogP contribution in [0.4, 0.5) is 0 Å². The molecular formula is C12H26N2O. The topological polar surface area (TPSA) is 35.5 Å². The first-order valence-corrected chi connectivity index (χ1v) is 6.11. The van der Waals surface area contributed by atoms with Crippen LogP contribution in [-0.2, 0) is 0 Å². The van der Waals surface area contributed by atoms with E-state index in [1.165, 1.54) is 32.1 Å². The van der Waals surface area contributed by atoms with E-state index < -0.39 is 0 Å². The predicted molar refractivity (Wildman–Crippen MR) is 64.1 cm³/mol. The highest BCUT2D eigenvalue weighted by Crippen LogP contribution is 2.22. The fourth-order valence-electron chi connectivity index (χ4n) is 2.41. The van der Waals surface area contributed by atoms with Gasteiger partial charge in [0.2, 0.25) is 0 Å². The second kappa shape index (κ2) is 5.83. The number of nitrogens with zero attached hydrogens (tertiary/aromatic N) is 1. The van der Waals surface area contributed by atoms with Crippen molar-refractivity contribution in [3.63, 3.8) is 0 Å². The molecule has 0 aromatic heterocycles. The number of aliphatic hydroxyl groups is 1. The summed E-state index contributed by atoms with van der Waals surface area (Å²) in [4.78, 5) is 2.41. The molecule has 0 saturated heterocycles. The molecule has 1 unspecified atom stereocenters. The minimum Gasteiger partial charge on any atom is -0.394 e. The summed E-state index contributed by atoms with van der Waals surface area (Å²) < 4.78 is 0. The number of likely N-dealkylation sites (N-methyl/N-ethyl adjacent to an activating group) is 2. The molecule has 0 radical (unpaired) electrons. The zero-order valence-electron chi connectivity index (χ0n) is 10.4. The summed E-state index contributed by atoms with van der Waals surface area (Å²) in [5.41, 5.74) is -0.161. The Morgan fingerprint density at radius 2 is 1.93 bits per heavy atom. The predicted octanol–water partition coefficient (Wildman–Crippen LogP) is 1.22. The summed E-state index contributed by atoms with van der Waals surface area (Å²) in [6.07, 6.45) is 6.77. The Morgan fingerprint density at radius 3 is 2.40 bits per heavy atom. The molecule has 0 aliphatic heterocycles. The molecular weight excluding hydrogens is 188 g/mol. The lowest BCUT2D eigenvalue weighted by Gasteiger charge is -2.37. The van der Waals surface area contributed by atoms with Crippen LogP contribution in [0.5, 0.6) is 0 Å². The number of hydrogen-bond donors (Lipinski definition) is 2. The molecule has 1 aliphatic carbocycles. The van der Waals surface area contributed by atoms with Crippen molar-refractivity contribution in [3.05, 3.63) is 0 Å². The van der Waals surface area contributed by atoms with Crippen molar-refractivity contribution in [2.75, 3.05) is 27.2 Å². The third-order valence-electron chi connectivity index (χ3n) is 3.75. The summed E-state index contributed by atoms with van der Waals surface area (Å²) in [5, 5.41) is 12.5.